The van der Waals surface area contributed by atoms with Crippen molar-refractivity contribution in [2.45, 2.75) is 19.9 Å². The van der Waals surface area contributed by atoms with Gasteiger partial charge in [-0.15, -0.1) is 0 Å². The highest BCUT2D eigenvalue weighted by Gasteiger charge is 2.05. The van der Waals surface area contributed by atoms with Crippen LogP contribution in [0.15, 0.2) is 48.5 Å². The van der Waals surface area contributed by atoms with Crippen molar-refractivity contribution in [1.82, 2.24) is 0 Å². The number of hydrogen-bond acceptors (Lipinski definition) is 2. The topological polar surface area (TPSA) is 29.3 Å². The molecule has 2 aromatic rings. The smallest absolute Gasteiger partial charge is 0.0410 e. The van der Waals surface area contributed by atoms with Gasteiger partial charge >= 0.3 is 0 Å². The Morgan fingerprint density at radius 1 is 1.00 bits per heavy atom. The number of anilines is 2. The number of rotatable bonds is 3. The lowest BCUT2D eigenvalue weighted by Crippen LogP contribution is -2.10. The van der Waals surface area contributed by atoms with Gasteiger partial charge < -0.3 is 10.6 Å². The van der Waals surface area contributed by atoms with Crippen molar-refractivity contribution in [1.29, 1.82) is 0 Å². The Morgan fingerprint density at radius 3 is 2.22 bits per heavy atom. The fraction of sp³-hybridized carbons (Fsp3) is 0.250. The molecule has 2 aromatic carbocycles. The van der Waals surface area contributed by atoms with Crippen LogP contribution >= 0.6 is 0 Å². The summed E-state index contributed by atoms with van der Waals surface area (Å²) in [7, 11) is 2.08. The van der Waals surface area contributed by atoms with Crippen LogP contribution in [0.1, 0.15) is 24.1 Å². The minimum atomic E-state index is 0.0864. The molecule has 0 aliphatic heterocycles. The zero-order valence-corrected chi connectivity index (χ0v) is 11.2. The highest BCUT2D eigenvalue weighted by molar-refractivity contribution is 5.63. The van der Waals surface area contributed by atoms with Crippen molar-refractivity contribution in [3.05, 3.63) is 59.7 Å². The SMILES string of the molecule is Cc1cccc(N(C)c2ccc([C@@H](C)N)cc2)c1. The molecule has 2 nitrogen and oxygen atoms in total. The maximum atomic E-state index is 5.86. The van der Waals surface area contributed by atoms with Crippen molar-refractivity contribution in [2.24, 2.45) is 5.73 Å². The number of nitrogens with zero attached hydrogens (tertiary/aromatic N) is 1. The molecule has 2 rings (SSSR count). The lowest BCUT2D eigenvalue weighted by atomic mass is 10.1. The van der Waals surface area contributed by atoms with E-state index in [4.69, 9.17) is 5.73 Å². The summed E-state index contributed by atoms with van der Waals surface area (Å²) in [4.78, 5) is 2.18. The Labute approximate surface area is 109 Å². The van der Waals surface area contributed by atoms with Crippen LogP contribution in [0.3, 0.4) is 0 Å². The van der Waals surface area contributed by atoms with Crippen LogP contribution in [0.5, 0.6) is 0 Å². The molecular weight excluding hydrogens is 220 g/mol. The van der Waals surface area contributed by atoms with Gasteiger partial charge in [0.1, 0.15) is 0 Å². The largest absolute Gasteiger partial charge is 0.345 e. The van der Waals surface area contributed by atoms with Gasteiger partial charge in [0.15, 0.2) is 0 Å². The summed E-state index contributed by atoms with van der Waals surface area (Å²) < 4.78 is 0. The van der Waals surface area contributed by atoms with E-state index in [2.05, 4.69) is 67.4 Å². The van der Waals surface area contributed by atoms with E-state index in [-0.39, 0.29) is 6.04 Å². The Bertz CT molecular complexity index is 515. The first-order valence-corrected chi connectivity index (χ1v) is 6.24. The molecule has 0 aliphatic rings. The molecule has 0 saturated heterocycles. The highest BCUT2D eigenvalue weighted by Crippen LogP contribution is 2.25. The monoisotopic (exact) mass is 240 g/mol. The van der Waals surface area contributed by atoms with Crippen LogP contribution in [0.4, 0.5) is 11.4 Å². The zero-order chi connectivity index (χ0) is 13.1. The molecule has 0 aromatic heterocycles. The fourth-order valence-corrected chi connectivity index (χ4v) is 1.99. The van der Waals surface area contributed by atoms with Gasteiger partial charge in [-0.2, -0.15) is 0 Å². The van der Waals surface area contributed by atoms with Gasteiger partial charge in [-0.05, 0) is 49.2 Å². The number of benzene rings is 2. The van der Waals surface area contributed by atoms with E-state index in [1.807, 2.05) is 6.92 Å². The minimum Gasteiger partial charge on any atom is -0.345 e. The first-order valence-electron chi connectivity index (χ1n) is 6.24. The van der Waals surface area contributed by atoms with Crippen LogP contribution in [0.2, 0.25) is 0 Å². The van der Waals surface area contributed by atoms with Crippen LogP contribution in [-0.4, -0.2) is 7.05 Å². The second kappa shape index (κ2) is 5.23. The van der Waals surface area contributed by atoms with E-state index >= 15 is 0 Å². The van der Waals surface area contributed by atoms with Gasteiger partial charge in [0.2, 0.25) is 0 Å². The van der Waals surface area contributed by atoms with Crippen LogP contribution < -0.4 is 10.6 Å². The molecule has 0 unspecified atom stereocenters. The average molecular weight is 240 g/mol. The molecule has 0 amide bonds. The summed E-state index contributed by atoms with van der Waals surface area (Å²) in [6.07, 6.45) is 0. The number of nitrogens with two attached hydrogens (primary N) is 1. The zero-order valence-electron chi connectivity index (χ0n) is 11.2. The van der Waals surface area contributed by atoms with Crippen LogP contribution in [-0.2, 0) is 0 Å². The molecular formula is C16H20N2. The summed E-state index contributed by atoms with van der Waals surface area (Å²) in [5, 5.41) is 0. The second-order valence-electron chi connectivity index (χ2n) is 4.78. The molecule has 0 saturated carbocycles. The van der Waals surface area contributed by atoms with Crippen molar-refractivity contribution in [3.63, 3.8) is 0 Å². The maximum Gasteiger partial charge on any atom is 0.0410 e. The second-order valence-corrected chi connectivity index (χ2v) is 4.78. The van der Waals surface area contributed by atoms with E-state index in [1.165, 1.54) is 16.9 Å². The normalized spacial score (nSPS) is 12.2. The predicted octanol–water partition coefficient (Wildman–Crippen LogP) is 3.78. The van der Waals surface area contributed by atoms with Gasteiger partial charge in [0.25, 0.3) is 0 Å². The summed E-state index contributed by atoms with van der Waals surface area (Å²) in [5.74, 6) is 0. The third-order valence-electron chi connectivity index (χ3n) is 3.20. The summed E-state index contributed by atoms with van der Waals surface area (Å²) in [6.45, 7) is 4.11. The number of hydrogen-bond donors (Lipinski definition) is 1. The van der Waals surface area contributed by atoms with E-state index in [1.54, 1.807) is 0 Å². The third-order valence-corrected chi connectivity index (χ3v) is 3.20. The highest BCUT2D eigenvalue weighted by atomic mass is 15.1. The lowest BCUT2D eigenvalue weighted by Gasteiger charge is -2.20. The van der Waals surface area contributed by atoms with E-state index in [0.717, 1.165) is 5.56 Å². The van der Waals surface area contributed by atoms with E-state index in [9.17, 15) is 0 Å². The van der Waals surface area contributed by atoms with E-state index < -0.39 is 0 Å². The Morgan fingerprint density at radius 2 is 1.67 bits per heavy atom. The first kappa shape index (κ1) is 12.7. The molecule has 0 aliphatic carbocycles. The predicted molar refractivity (Wildman–Crippen MR) is 78.3 cm³/mol. The van der Waals surface area contributed by atoms with Crippen molar-refractivity contribution < 1.29 is 0 Å². The van der Waals surface area contributed by atoms with Crippen molar-refractivity contribution in [3.8, 4) is 0 Å². The van der Waals surface area contributed by atoms with Gasteiger partial charge in [-0.1, -0.05) is 24.3 Å². The van der Waals surface area contributed by atoms with Crippen LogP contribution in [0.25, 0.3) is 0 Å². The average Bonchev–Trinajstić information content (AvgIpc) is 2.38. The van der Waals surface area contributed by atoms with Crippen LogP contribution in [0, 0.1) is 6.92 Å². The summed E-state index contributed by atoms with van der Waals surface area (Å²) >= 11 is 0. The summed E-state index contributed by atoms with van der Waals surface area (Å²) in [6, 6.07) is 17.0. The van der Waals surface area contributed by atoms with Gasteiger partial charge in [0, 0.05) is 24.5 Å². The molecule has 94 valence electrons. The molecule has 0 spiro atoms. The minimum absolute atomic E-state index is 0.0864. The van der Waals surface area contributed by atoms with Crippen molar-refractivity contribution >= 4 is 11.4 Å². The first-order chi connectivity index (χ1) is 8.58. The fourth-order valence-electron chi connectivity index (χ4n) is 1.99. The standard InChI is InChI=1S/C16H20N2/c1-12-5-4-6-16(11-12)18(3)15-9-7-14(8-10-15)13(2)17/h4-11,13H,17H2,1-3H3/t13-/m1/s1. The van der Waals surface area contributed by atoms with Gasteiger partial charge in [0.05, 0.1) is 0 Å². The third kappa shape index (κ3) is 2.71. The molecule has 2 N–H and O–H groups in total. The molecule has 18 heavy (non-hydrogen) atoms. The molecule has 0 bridgehead atoms. The Balaban J connectivity index is 2.26. The molecule has 1 atom stereocenters. The Kier molecular flexibility index (Phi) is 3.68. The summed E-state index contributed by atoms with van der Waals surface area (Å²) in [5.41, 5.74) is 10.7. The maximum absolute atomic E-state index is 5.86. The Hall–Kier alpha value is -1.80. The molecule has 0 heterocycles. The van der Waals surface area contributed by atoms with Crippen molar-refractivity contribution in [2.75, 3.05) is 11.9 Å². The van der Waals surface area contributed by atoms with E-state index in [0.29, 0.717) is 0 Å². The van der Waals surface area contributed by atoms with Gasteiger partial charge in [-0.3, -0.25) is 0 Å². The molecule has 2 heteroatoms. The quantitative estimate of drug-likeness (QED) is 0.884. The molecule has 0 fully saturated rings. The van der Waals surface area contributed by atoms with Gasteiger partial charge in [-0.25, -0.2) is 0 Å². The lowest BCUT2D eigenvalue weighted by molar-refractivity contribution is 0.818. The number of aryl methyl sites for hydroxylation is 1. The molecule has 0 radical (unpaired) electrons.